The maximum atomic E-state index is 14.0. The van der Waals surface area contributed by atoms with Crippen molar-refractivity contribution in [1.29, 1.82) is 0 Å². The van der Waals surface area contributed by atoms with E-state index in [1.807, 2.05) is 27.7 Å². The molecule has 0 radical (unpaired) electrons. The molecular weight excluding hydrogens is 339 g/mol. The number of rotatable bonds is 4. The second-order valence-corrected chi connectivity index (χ2v) is 8.14. The van der Waals surface area contributed by atoms with Crippen LogP contribution >= 0.6 is 0 Å². The number of alkyl halides is 5. The maximum absolute atomic E-state index is 14.0. The lowest BCUT2D eigenvalue weighted by Crippen LogP contribution is -2.61. The molecule has 2 aliphatic heterocycles. The molecule has 0 aromatic heterocycles. The molecule has 0 bridgehead atoms. The van der Waals surface area contributed by atoms with Gasteiger partial charge in [-0.15, -0.1) is 0 Å². The van der Waals surface area contributed by atoms with Crippen molar-refractivity contribution < 1.29 is 22.0 Å². The number of likely N-dealkylation sites (tertiary alicyclic amines) is 2. The highest BCUT2D eigenvalue weighted by atomic mass is 19.4. The lowest BCUT2D eigenvalue weighted by molar-refractivity contribution is -0.216. The van der Waals surface area contributed by atoms with Crippen LogP contribution in [-0.2, 0) is 0 Å². The molecule has 0 aromatic rings. The van der Waals surface area contributed by atoms with E-state index < -0.39 is 31.1 Å². The van der Waals surface area contributed by atoms with Gasteiger partial charge in [-0.2, -0.15) is 13.2 Å². The van der Waals surface area contributed by atoms with E-state index in [2.05, 4.69) is 0 Å². The number of piperidine rings is 2. The van der Waals surface area contributed by atoms with E-state index in [4.69, 9.17) is 0 Å². The van der Waals surface area contributed by atoms with Crippen LogP contribution in [0.5, 0.6) is 0 Å². The van der Waals surface area contributed by atoms with E-state index in [1.165, 1.54) is 0 Å². The van der Waals surface area contributed by atoms with Crippen LogP contribution in [0.2, 0.25) is 0 Å². The third-order valence-electron chi connectivity index (χ3n) is 6.48. The first-order chi connectivity index (χ1) is 11.5. The molecule has 25 heavy (non-hydrogen) atoms. The van der Waals surface area contributed by atoms with Crippen molar-refractivity contribution in [2.45, 2.75) is 77.7 Å². The molecule has 0 amide bonds. The Morgan fingerprint density at radius 1 is 1.00 bits per heavy atom. The highest BCUT2D eigenvalue weighted by Gasteiger charge is 2.52. The molecule has 0 aliphatic carbocycles. The van der Waals surface area contributed by atoms with E-state index in [0.717, 1.165) is 12.8 Å². The van der Waals surface area contributed by atoms with E-state index in [1.54, 1.807) is 9.80 Å². The summed E-state index contributed by atoms with van der Waals surface area (Å²) in [6.07, 6.45) is -4.73. The topological polar surface area (TPSA) is 6.48 Å². The highest BCUT2D eigenvalue weighted by Crippen LogP contribution is 2.41. The van der Waals surface area contributed by atoms with Crippen LogP contribution in [0.25, 0.3) is 0 Å². The number of nitrogens with zero attached hydrogens (tertiary/aromatic N) is 2. The molecule has 2 nitrogen and oxygen atoms in total. The minimum absolute atomic E-state index is 0.0279. The lowest BCUT2D eigenvalue weighted by Gasteiger charge is -2.50. The molecule has 2 saturated heterocycles. The van der Waals surface area contributed by atoms with Crippen LogP contribution in [-0.4, -0.2) is 60.2 Å². The van der Waals surface area contributed by atoms with Crippen LogP contribution in [0.3, 0.4) is 0 Å². The van der Waals surface area contributed by atoms with Crippen molar-refractivity contribution in [1.82, 2.24) is 9.80 Å². The van der Waals surface area contributed by atoms with Gasteiger partial charge in [-0.1, -0.05) is 13.8 Å². The predicted molar refractivity (Wildman–Crippen MR) is 88.7 cm³/mol. The molecular formula is C18H31F5N2. The summed E-state index contributed by atoms with van der Waals surface area (Å²) in [4.78, 5) is 3.16. The van der Waals surface area contributed by atoms with E-state index in [-0.39, 0.29) is 30.5 Å². The van der Waals surface area contributed by atoms with Crippen molar-refractivity contribution in [2.24, 2.45) is 17.8 Å². The summed E-state index contributed by atoms with van der Waals surface area (Å²) >= 11 is 0. The fraction of sp³-hybridized carbons (Fsp3) is 1.00. The van der Waals surface area contributed by atoms with Gasteiger partial charge in [-0.05, 0) is 57.4 Å². The maximum Gasteiger partial charge on any atom is 0.404 e. The number of hydrogen-bond donors (Lipinski definition) is 0. The molecule has 2 rings (SSSR count). The molecule has 2 aliphatic rings. The summed E-state index contributed by atoms with van der Waals surface area (Å²) < 4.78 is 67.7. The van der Waals surface area contributed by atoms with Gasteiger partial charge in [-0.25, -0.2) is 8.78 Å². The standard InChI is InChI=1S/C18H31F5N2/c1-11-6-5-7-25(14(11)4)17(18(21,22)23)15-8-12(2)13(3)24(9-15)10-16(19)20/h11-17H,5-10H2,1-4H3/t11-,12-,13+,14+,15?,17?/m0/s1. The molecule has 7 heteroatoms. The molecule has 2 heterocycles. The minimum atomic E-state index is -4.34. The molecule has 2 fully saturated rings. The molecule has 2 unspecified atom stereocenters. The summed E-state index contributed by atoms with van der Waals surface area (Å²) in [6.45, 7) is 7.68. The lowest BCUT2D eigenvalue weighted by atomic mass is 9.78. The highest BCUT2D eigenvalue weighted by molar-refractivity contribution is 4.96. The Balaban J connectivity index is 2.25. The van der Waals surface area contributed by atoms with Gasteiger partial charge < -0.3 is 0 Å². The quantitative estimate of drug-likeness (QED) is 0.665. The van der Waals surface area contributed by atoms with Gasteiger partial charge in [0, 0.05) is 18.6 Å². The monoisotopic (exact) mass is 370 g/mol. The second-order valence-electron chi connectivity index (χ2n) is 8.14. The Bertz CT molecular complexity index is 428. The van der Waals surface area contributed by atoms with Gasteiger partial charge in [-0.3, -0.25) is 9.80 Å². The fourth-order valence-electron chi connectivity index (χ4n) is 4.71. The largest absolute Gasteiger partial charge is 0.404 e. The van der Waals surface area contributed by atoms with Crippen molar-refractivity contribution >= 4 is 0 Å². The summed E-state index contributed by atoms with van der Waals surface area (Å²) in [6, 6.07) is -1.80. The average Bonchev–Trinajstić information content (AvgIpc) is 2.47. The van der Waals surface area contributed by atoms with E-state index in [0.29, 0.717) is 13.0 Å². The van der Waals surface area contributed by atoms with Gasteiger partial charge >= 0.3 is 6.18 Å². The second kappa shape index (κ2) is 8.07. The van der Waals surface area contributed by atoms with E-state index in [9.17, 15) is 22.0 Å². The molecule has 148 valence electrons. The van der Waals surface area contributed by atoms with Crippen LogP contribution < -0.4 is 0 Å². The van der Waals surface area contributed by atoms with Crippen LogP contribution in [0.1, 0.15) is 47.0 Å². The van der Waals surface area contributed by atoms with Crippen molar-refractivity contribution in [3.63, 3.8) is 0 Å². The van der Waals surface area contributed by atoms with Gasteiger partial charge in [0.05, 0.1) is 6.54 Å². The minimum Gasteiger partial charge on any atom is -0.294 e. The molecule has 0 saturated carbocycles. The van der Waals surface area contributed by atoms with Gasteiger partial charge in [0.15, 0.2) is 0 Å². The fourth-order valence-corrected chi connectivity index (χ4v) is 4.71. The first kappa shape index (κ1) is 20.9. The molecule has 0 spiro atoms. The molecule has 0 N–H and O–H groups in total. The Hall–Kier alpha value is -0.430. The number of hydrogen-bond acceptors (Lipinski definition) is 2. The number of halogens is 5. The van der Waals surface area contributed by atoms with Crippen LogP contribution in [0, 0.1) is 17.8 Å². The molecule has 6 atom stereocenters. The zero-order chi connectivity index (χ0) is 18.9. The van der Waals surface area contributed by atoms with Crippen molar-refractivity contribution in [2.75, 3.05) is 19.6 Å². The summed E-state index contributed by atoms with van der Waals surface area (Å²) in [5, 5.41) is 0. The predicted octanol–water partition coefficient (Wildman–Crippen LogP) is 4.65. The average molecular weight is 370 g/mol. The third kappa shape index (κ3) is 4.85. The van der Waals surface area contributed by atoms with Crippen LogP contribution in [0.4, 0.5) is 22.0 Å². The Kier molecular flexibility index (Phi) is 6.74. The summed E-state index contributed by atoms with van der Waals surface area (Å²) in [5.74, 6) is -0.465. The Morgan fingerprint density at radius 3 is 2.20 bits per heavy atom. The zero-order valence-electron chi connectivity index (χ0n) is 15.6. The Morgan fingerprint density at radius 2 is 1.64 bits per heavy atom. The summed E-state index contributed by atoms with van der Waals surface area (Å²) in [5.41, 5.74) is 0. The third-order valence-corrected chi connectivity index (χ3v) is 6.48. The normalized spacial score (nSPS) is 37.4. The van der Waals surface area contributed by atoms with Gasteiger partial charge in [0.2, 0.25) is 0 Å². The first-order valence-electron chi connectivity index (χ1n) is 9.37. The van der Waals surface area contributed by atoms with Crippen molar-refractivity contribution in [3.8, 4) is 0 Å². The smallest absolute Gasteiger partial charge is 0.294 e. The molecule has 0 aromatic carbocycles. The Labute approximate surface area is 147 Å². The van der Waals surface area contributed by atoms with E-state index >= 15 is 0 Å². The van der Waals surface area contributed by atoms with Gasteiger partial charge in [0.1, 0.15) is 6.04 Å². The SMILES string of the molecule is C[C@@H]1[C@@H](C)CC(C(N2CCC[C@H](C)[C@H]2C)C(F)(F)F)CN1CC(F)F. The first-order valence-corrected chi connectivity index (χ1v) is 9.37. The summed E-state index contributed by atoms with van der Waals surface area (Å²) in [7, 11) is 0. The van der Waals surface area contributed by atoms with Crippen molar-refractivity contribution in [3.05, 3.63) is 0 Å². The van der Waals surface area contributed by atoms with Crippen LogP contribution in [0.15, 0.2) is 0 Å². The zero-order valence-corrected chi connectivity index (χ0v) is 15.6. The van der Waals surface area contributed by atoms with Gasteiger partial charge in [0.25, 0.3) is 6.43 Å².